The van der Waals surface area contributed by atoms with E-state index in [2.05, 4.69) is 5.32 Å². The highest BCUT2D eigenvalue weighted by Crippen LogP contribution is 2.25. The summed E-state index contributed by atoms with van der Waals surface area (Å²) in [5, 5.41) is 3.28. The Hall–Kier alpha value is -1.78. The Morgan fingerprint density at radius 2 is 1.84 bits per heavy atom. The summed E-state index contributed by atoms with van der Waals surface area (Å²) in [5.74, 6) is -1.05. The molecule has 0 fully saturated rings. The van der Waals surface area contributed by atoms with Gasteiger partial charge in [-0.1, -0.05) is 23.2 Å². The summed E-state index contributed by atoms with van der Waals surface area (Å²) in [4.78, 5) is 11.9. The molecular formula is C13H9Cl2FN2O. The third-order valence-corrected chi connectivity index (χ3v) is 3.10. The number of benzene rings is 2. The molecule has 0 aromatic heterocycles. The molecule has 3 nitrogen and oxygen atoms in total. The monoisotopic (exact) mass is 298 g/mol. The highest BCUT2D eigenvalue weighted by atomic mass is 35.5. The number of hydrogen-bond donors (Lipinski definition) is 2. The van der Waals surface area contributed by atoms with Crippen LogP contribution in [0.15, 0.2) is 36.4 Å². The van der Waals surface area contributed by atoms with E-state index >= 15 is 0 Å². The minimum Gasteiger partial charge on any atom is -0.399 e. The first kappa shape index (κ1) is 13.6. The zero-order valence-electron chi connectivity index (χ0n) is 9.58. The van der Waals surface area contributed by atoms with Crippen LogP contribution in [0.3, 0.4) is 0 Å². The Labute approximate surface area is 119 Å². The van der Waals surface area contributed by atoms with Crippen molar-refractivity contribution in [2.75, 3.05) is 11.1 Å². The van der Waals surface area contributed by atoms with Crippen LogP contribution in [0.25, 0.3) is 0 Å². The van der Waals surface area contributed by atoms with Crippen molar-refractivity contribution >= 4 is 40.5 Å². The van der Waals surface area contributed by atoms with Crippen molar-refractivity contribution in [3.05, 3.63) is 57.8 Å². The summed E-state index contributed by atoms with van der Waals surface area (Å²) in [6.07, 6.45) is 0. The normalized spacial score (nSPS) is 10.3. The molecule has 0 aliphatic heterocycles. The number of carbonyl (C=O) groups excluding carboxylic acids is 1. The summed E-state index contributed by atoms with van der Waals surface area (Å²) >= 11 is 11.6. The molecule has 0 spiro atoms. The van der Waals surface area contributed by atoms with Gasteiger partial charge in [0.1, 0.15) is 5.82 Å². The van der Waals surface area contributed by atoms with Gasteiger partial charge in [-0.15, -0.1) is 0 Å². The second-order valence-corrected chi connectivity index (χ2v) is 4.67. The molecule has 0 aliphatic rings. The van der Waals surface area contributed by atoms with E-state index in [4.69, 9.17) is 28.9 Å². The topological polar surface area (TPSA) is 55.1 Å². The van der Waals surface area contributed by atoms with Crippen LogP contribution in [0.5, 0.6) is 0 Å². The van der Waals surface area contributed by atoms with E-state index in [1.165, 1.54) is 12.1 Å². The first-order valence-electron chi connectivity index (χ1n) is 5.28. The maximum Gasteiger partial charge on any atom is 0.255 e. The molecule has 0 saturated heterocycles. The smallest absolute Gasteiger partial charge is 0.255 e. The molecule has 6 heteroatoms. The molecule has 3 N–H and O–H groups in total. The van der Waals surface area contributed by atoms with Crippen molar-refractivity contribution in [3.8, 4) is 0 Å². The Bertz CT molecular complexity index is 626. The quantitative estimate of drug-likeness (QED) is 0.824. The van der Waals surface area contributed by atoms with Gasteiger partial charge in [-0.3, -0.25) is 4.79 Å². The maximum absolute atomic E-state index is 13.1. The lowest BCUT2D eigenvalue weighted by Gasteiger charge is -2.07. The van der Waals surface area contributed by atoms with E-state index in [-0.39, 0.29) is 11.3 Å². The lowest BCUT2D eigenvalue weighted by Crippen LogP contribution is -2.12. The number of nitrogen functional groups attached to an aromatic ring is 1. The molecule has 1 amide bonds. The molecule has 0 aliphatic carbocycles. The van der Waals surface area contributed by atoms with Crippen LogP contribution < -0.4 is 11.1 Å². The van der Waals surface area contributed by atoms with E-state index in [1.807, 2.05) is 0 Å². The van der Waals surface area contributed by atoms with Crippen molar-refractivity contribution in [1.29, 1.82) is 0 Å². The van der Waals surface area contributed by atoms with Crippen molar-refractivity contribution in [2.45, 2.75) is 0 Å². The number of carbonyl (C=O) groups is 1. The molecule has 0 heterocycles. The van der Waals surface area contributed by atoms with E-state index in [0.29, 0.717) is 15.7 Å². The zero-order valence-corrected chi connectivity index (χ0v) is 11.1. The number of anilines is 2. The van der Waals surface area contributed by atoms with Gasteiger partial charge in [-0.05, 0) is 36.4 Å². The van der Waals surface area contributed by atoms with Gasteiger partial charge in [-0.2, -0.15) is 0 Å². The SMILES string of the molecule is Nc1cc(F)cc(C(=O)Nc2ccc(Cl)c(Cl)c2)c1. The van der Waals surface area contributed by atoms with Gasteiger partial charge in [-0.25, -0.2) is 4.39 Å². The van der Waals surface area contributed by atoms with E-state index < -0.39 is 11.7 Å². The van der Waals surface area contributed by atoms with Crippen LogP contribution in [-0.2, 0) is 0 Å². The minimum atomic E-state index is -0.570. The van der Waals surface area contributed by atoms with Gasteiger partial charge in [0.2, 0.25) is 0 Å². The minimum absolute atomic E-state index is 0.128. The highest BCUT2D eigenvalue weighted by Gasteiger charge is 2.09. The van der Waals surface area contributed by atoms with Crippen molar-refractivity contribution in [2.24, 2.45) is 0 Å². The second kappa shape index (κ2) is 5.47. The van der Waals surface area contributed by atoms with E-state index in [9.17, 15) is 9.18 Å². The van der Waals surface area contributed by atoms with Gasteiger partial charge in [0.15, 0.2) is 0 Å². The Morgan fingerprint density at radius 3 is 2.47 bits per heavy atom. The average molecular weight is 299 g/mol. The van der Waals surface area contributed by atoms with Gasteiger partial charge < -0.3 is 11.1 Å². The fraction of sp³-hybridized carbons (Fsp3) is 0. The average Bonchev–Trinajstić information content (AvgIpc) is 2.32. The number of nitrogens with one attached hydrogen (secondary N) is 1. The van der Waals surface area contributed by atoms with Gasteiger partial charge in [0.05, 0.1) is 10.0 Å². The van der Waals surface area contributed by atoms with E-state index in [1.54, 1.807) is 12.1 Å². The Balaban J connectivity index is 2.22. The number of amides is 1. The highest BCUT2D eigenvalue weighted by molar-refractivity contribution is 6.42. The molecule has 0 saturated carbocycles. The van der Waals surface area contributed by atoms with Gasteiger partial charge in [0, 0.05) is 16.9 Å². The predicted molar refractivity (Wildman–Crippen MR) is 75.2 cm³/mol. The number of nitrogens with two attached hydrogens (primary N) is 1. The standard InChI is InChI=1S/C13H9Cl2FN2O/c14-11-2-1-10(6-12(11)15)18-13(19)7-3-8(16)5-9(17)4-7/h1-6H,17H2,(H,18,19). The number of rotatable bonds is 2. The molecule has 19 heavy (non-hydrogen) atoms. The van der Waals surface area contributed by atoms with Crippen LogP contribution in [-0.4, -0.2) is 5.91 Å². The summed E-state index contributed by atoms with van der Waals surface area (Å²) in [7, 11) is 0. The Morgan fingerprint density at radius 1 is 1.11 bits per heavy atom. The lowest BCUT2D eigenvalue weighted by atomic mass is 10.2. The molecule has 2 aromatic carbocycles. The zero-order chi connectivity index (χ0) is 14.0. The lowest BCUT2D eigenvalue weighted by molar-refractivity contribution is 0.102. The van der Waals surface area contributed by atoms with Crippen LogP contribution in [0.2, 0.25) is 10.0 Å². The molecule has 0 radical (unpaired) electrons. The van der Waals surface area contributed by atoms with E-state index in [0.717, 1.165) is 12.1 Å². The van der Waals surface area contributed by atoms with Crippen LogP contribution in [0, 0.1) is 5.82 Å². The van der Waals surface area contributed by atoms with Crippen LogP contribution in [0.1, 0.15) is 10.4 Å². The third-order valence-electron chi connectivity index (χ3n) is 2.36. The third kappa shape index (κ3) is 3.36. The maximum atomic E-state index is 13.1. The predicted octanol–water partition coefficient (Wildman–Crippen LogP) is 3.97. The summed E-state index contributed by atoms with van der Waals surface area (Å²) < 4.78 is 13.1. The van der Waals surface area contributed by atoms with Crippen molar-refractivity contribution in [1.82, 2.24) is 0 Å². The molecule has 2 rings (SSSR count). The molecular weight excluding hydrogens is 290 g/mol. The molecule has 98 valence electrons. The first-order valence-corrected chi connectivity index (χ1v) is 6.04. The molecule has 0 bridgehead atoms. The summed E-state index contributed by atoms with van der Waals surface area (Å²) in [5.41, 5.74) is 6.24. The largest absolute Gasteiger partial charge is 0.399 e. The Kier molecular flexibility index (Phi) is 3.93. The van der Waals surface area contributed by atoms with Crippen molar-refractivity contribution < 1.29 is 9.18 Å². The fourth-order valence-electron chi connectivity index (χ4n) is 1.52. The number of halogens is 3. The van der Waals surface area contributed by atoms with Crippen LogP contribution >= 0.6 is 23.2 Å². The van der Waals surface area contributed by atoms with Crippen LogP contribution in [0.4, 0.5) is 15.8 Å². The molecule has 0 unspecified atom stereocenters. The molecule has 2 aromatic rings. The summed E-state index contributed by atoms with van der Waals surface area (Å²) in [6.45, 7) is 0. The summed E-state index contributed by atoms with van der Waals surface area (Å²) in [6, 6.07) is 8.27. The van der Waals surface area contributed by atoms with Gasteiger partial charge >= 0.3 is 0 Å². The first-order chi connectivity index (χ1) is 8.95. The number of hydrogen-bond acceptors (Lipinski definition) is 2. The second-order valence-electron chi connectivity index (χ2n) is 3.86. The molecule has 0 atom stereocenters. The van der Waals surface area contributed by atoms with Gasteiger partial charge in [0.25, 0.3) is 5.91 Å². The fourth-order valence-corrected chi connectivity index (χ4v) is 1.82. The van der Waals surface area contributed by atoms with Crippen molar-refractivity contribution in [3.63, 3.8) is 0 Å².